The van der Waals surface area contributed by atoms with Gasteiger partial charge in [0.2, 0.25) is 5.91 Å². The average Bonchev–Trinajstić information content (AvgIpc) is 2.70. The van der Waals surface area contributed by atoms with Crippen LogP contribution in [0.3, 0.4) is 0 Å². The summed E-state index contributed by atoms with van der Waals surface area (Å²) in [6, 6.07) is 6.85. The molecular weight excluding hydrogens is 340 g/mol. The second-order valence-corrected chi connectivity index (χ2v) is 7.36. The third kappa shape index (κ3) is 7.17. The zero-order chi connectivity index (χ0) is 19.6. The number of nitrogens with one attached hydrogen (secondary N) is 2. The molecule has 0 unspecified atom stereocenters. The molecule has 1 aliphatic heterocycles. The molecule has 1 amide bonds. The number of aromatic nitrogens is 1. The highest BCUT2D eigenvalue weighted by atomic mass is 16.2. The molecule has 7 nitrogen and oxygen atoms in total. The predicted molar refractivity (Wildman–Crippen MR) is 110 cm³/mol. The molecule has 1 aromatic rings. The van der Waals surface area contributed by atoms with Crippen molar-refractivity contribution >= 4 is 11.9 Å². The van der Waals surface area contributed by atoms with Gasteiger partial charge in [-0.05, 0) is 38.8 Å². The summed E-state index contributed by atoms with van der Waals surface area (Å²) >= 11 is 0. The van der Waals surface area contributed by atoms with E-state index in [2.05, 4.69) is 39.4 Å². The Morgan fingerprint density at radius 3 is 2.70 bits per heavy atom. The number of amides is 1. The highest BCUT2D eigenvalue weighted by Gasteiger charge is 2.21. The molecule has 1 saturated heterocycles. The van der Waals surface area contributed by atoms with Crippen molar-refractivity contribution in [2.45, 2.75) is 45.2 Å². The molecule has 0 spiro atoms. The van der Waals surface area contributed by atoms with Crippen LogP contribution in [0.25, 0.3) is 0 Å². The highest BCUT2D eigenvalue weighted by molar-refractivity contribution is 5.86. The normalized spacial score (nSPS) is 16.4. The van der Waals surface area contributed by atoms with Crippen molar-refractivity contribution in [2.24, 2.45) is 4.99 Å². The number of aliphatic imine (C=N–C) groups is 1. The minimum Gasteiger partial charge on any atom is -0.354 e. The minimum atomic E-state index is 0.0449. The highest BCUT2D eigenvalue weighted by Crippen LogP contribution is 2.12. The Balaban J connectivity index is 1.69. The molecule has 0 atom stereocenters. The largest absolute Gasteiger partial charge is 0.354 e. The molecule has 0 saturated carbocycles. The Morgan fingerprint density at radius 2 is 2.11 bits per heavy atom. The third-order valence-corrected chi connectivity index (χ3v) is 5.09. The van der Waals surface area contributed by atoms with E-state index < -0.39 is 0 Å². The number of hydrogen-bond acceptors (Lipinski definition) is 4. The molecule has 1 fully saturated rings. The van der Waals surface area contributed by atoms with E-state index in [1.165, 1.54) is 0 Å². The average molecular weight is 375 g/mol. The van der Waals surface area contributed by atoms with Crippen LogP contribution in [0.15, 0.2) is 29.4 Å². The van der Waals surface area contributed by atoms with Crippen LogP contribution in [0.1, 0.15) is 32.4 Å². The second-order valence-electron chi connectivity index (χ2n) is 7.36. The van der Waals surface area contributed by atoms with Gasteiger partial charge in [-0.1, -0.05) is 6.07 Å². The summed E-state index contributed by atoms with van der Waals surface area (Å²) in [6.07, 6.45) is 4.72. The van der Waals surface area contributed by atoms with Crippen molar-refractivity contribution in [3.8, 4) is 0 Å². The molecule has 150 valence electrons. The number of carbonyl (C=O) groups is 1. The fraction of sp³-hybridized carbons (Fsp3) is 0.650. The van der Waals surface area contributed by atoms with Gasteiger partial charge in [0.15, 0.2) is 5.96 Å². The summed E-state index contributed by atoms with van der Waals surface area (Å²) in [5.74, 6) is 0.744. The second kappa shape index (κ2) is 10.9. The molecule has 2 N–H and O–H groups in total. The fourth-order valence-corrected chi connectivity index (χ4v) is 3.20. The standard InChI is InChI=1S/C20H34N6O/c1-16(2)26-13-9-18(10-14-26)24-20(21-3)23-15-19(27)25(4)12-8-17-7-5-6-11-22-17/h5-7,11,16,18H,8-10,12-15H2,1-4H3,(H2,21,23,24). The quantitative estimate of drug-likeness (QED) is 0.553. The lowest BCUT2D eigenvalue weighted by molar-refractivity contribution is -0.128. The van der Waals surface area contributed by atoms with Crippen LogP contribution in [-0.4, -0.2) is 79.0 Å². The van der Waals surface area contributed by atoms with Crippen molar-refractivity contribution in [3.63, 3.8) is 0 Å². The first kappa shape index (κ1) is 21.2. The van der Waals surface area contributed by atoms with Gasteiger partial charge >= 0.3 is 0 Å². The maximum Gasteiger partial charge on any atom is 0.241 e. The monoisotopic (exact) mass is 374 g/mol. The van der Waals surface area contributed by atoms with E-state index in [4.69, 9.17) is 0 Å². The van der Waals surface area contributed by atoms with Gasteiger partial charge in [0.25, 0.3) is 0 Å². The lowest BCUT2D eigenvalue weighted by Gasteiger charge is -2.35. The summed E-state index contributed by atoms with van der Waals surface area (Å²) in [5, 5.41) is 6.60. The molecule has 1 aromatic heterocycles. The Labute approximate surface area is 163 Å². The zero-order valence-corrected chi connectivity index (χ0v) is 17.1. The van der Waals surface area contributed by atoms with Crippen LogP contribution in [0.4, 0.5) is 0 Å². The van der Waals surface area contributed by atoms with E-state index in [-0.39, 0.29) is 12.5 Å². The van der Waals surface area contributed by atoms with Crippen molar-refractivity contribution in [3.05, 3.63) is 30.1 Å². The Hall–Kier alpha value is -2.15. The summed E-state index contributed by atoms with van der Waals surface area (Å²) in [5.41, 5.74) is 0.996. The van der Waals surface area contributed by atoms with E-state index in [1.54, 1.807) is 18.1 Å². The minimum absolute atomic E-state index is 0.0449. The van der Waals surface area contributed by atoms with Crippen molar-refractivity contribution in [1.82, 2.24) is 25.4 Å². The molecule has 0 radical (unpaired) electrons. The summed E-state index contributed by atoms with van der Waals surface area (Å²) in [6.45, 7) is 7.57. The van der Waals surface area contributed by atoms with E-state index in [0.717, 1.165) is 38.0 Å². The molecule has 0 aromatic carbocycles. The maximum atomic E-state index is 12.3. The number of likely N-dealkylation sites (tertiary alicyclic amines) is 1. The molecule has 7 heteroatoms. The number of nitrogens with zero attached hydrogens (tertiary/aromatic N) is 4. The molecule has 2 rings (SSSR count). The van der Waals surface area contributed by atoms with Gasteiger partial charge in [-0.2, -0.15) is 0 Å². The van der Waals surface area contributed by atoms with Crippen LogP contribution in [0.2, 0.25) is 0 Å². The van der Waals surface area contributed by atoms with Gasteiger partial charge in [0, 0.05) is 64.1 Å². The van der Waals surface area contributed by atoms with Crippen LogP contribution in [-0.2, 0) is 11.2 Å². The number of carbonyl (C=O) groups excluding carboxylic acids is 1. The van der Waals surface area contributed by atoms with E-state index in [1.807, 2.05) is 25.2 Å². The summed E-state index contributed by atoms with van der Waals surface area (Å²) in [4.78, 5) is 25.1. The van der Waals surface area contributed by atoms with Crippen LogP contribution in [0.5, 0.6) is 0 Å². The molecule has 0 bridgehead atoms. The van der Waals surface area contributed by atoms with E-state index in [9.17, 15) is 4.79 Å². The molecule has 2 heterocycles. The number of rotatable bonds is 7. The lowest BCUT2D eigenvalue weighted by atomic mass is 10.0. The van der Waals surface area contributed by atoms with Gasteiger partial charge in [-0.15, -0.1) is 0 Å². The molecule has 0 aliphatic carbocycles. The number of hydrogen-bond donors (Lipinski definition) is 2. The van der Waals surface area contributed by atoms with Crippen LogP contribution < -0.4 is 10.6 Å². The lowest BCUT2D eigenvalue weighted by Crippen LogP contribution is -2.51. The molecular formula is C20H34N6O. The summed E-state index contributed by atoms with van der Waals surface area (Å²) in [7, 11) is 3.57. The smallest absolute Gasteiger partial charge is 0.241 e. The Morgan fingerprint density at radius 1 is 1.37 bits per heavy atom. The van der Waals surface area contributed by atoms with Gasteiger partial charge in [0.1, 0.15) is 0 Å². The summed E-state index contributed by atoms with van der Waals surface area (Å²) < 4.78 is 0. The number of guanidine groups is 1. The fourth-order valence-electron chi connectivity index (χ4n) is 3.20. The van der Waals surface area contributed by atoms with E-state index in [0.29, 0.717) is 24.6 Å². The van der Waals surface area contributed by atoms with E-state index >= 15 is 0 Å². The SMILES string of the molecule is CN=C(NCC(=O)N(C)CCc1ccccn1)NC1CCN(C(C)C)CC1. The van der Waals surface area contributed by atoms with Gasteiger partial charge in [-0.25, -0.2) is 0 Å². The first-order chi connectivity index (χ1) is 13.0. The van der Waals surface area contributed by atoms with Gasteiger partial charge in [-0.3, -0.25) is 14.8 Å². The van der Waals surface area contributed by atoms with Crippen molar-refractivity contribution in [2.75, 3.05) is 40.3 Å². The van der Waals surface area contributed by atoms with Gasteiger partial charge in [0.05, 0.1) is 6.54 Å². The Kier molecular flexibility index (Phi) is 8.51. The molecule has 1 aliphatic rings. The predicted octanol–water partition coefficient (Wildman–Crippen LogP) is 1.12. The van der Waals surface area contributed by atoms with Crippen LogP contribution in [0, 0.1) is 0 Å². The van der Waals surface area contributed by atoms with Crippen molar-refractivity contribution < 1.29 is 4.79 Å². The first-order valence-corrected chi connectivity index (χ1v) is 9.84. The maximum absolute atomic E-state index is 12.3. The third-order valence-electron chi connectivity index (χ3n) is 5.09. The van der Waals surface area contributed by atoms with Crippen molar-refractivity contribution in [1.29, 1.82) is 0 Å². The zero-order valence-electron chi connectivity index (χ0n) is 17.1. The number of piperidine rings is 1. The molecule has 27 heavy (non-hydrogen) atoms. The topological polar surface area (TPSA) is 72.9 Å². The number of pyridine rings is 1. The first-order valence-electron chi connectivity index (χ1n) is 9.84. The number of likely N-dealkylation sites (N-methyl/N-ethyl adjacent to an activating group) is 1. The Bertz CT molecular complexity index is 596. The van der Waals surface area contributed by atoms with Gasteiger partial charge < -0.3 is 20.4 Å². The van der Waals surface area contributed by atoms with Crippen LogP contribution >= 0.6 is 0 Å².